The molecular formula is C9H12ClN3. The average molecular weight is 198 g/mol. The molecule has 0 fully saturated rings. The van der Waals surface area contributed by atoms with E-state index in [1.807, 2.05) is 13.1 Å². The lowest BCUT2D eigenvalue weighted by molar-refractivity contribution is 0.829. The number of nitrogens with one attached hydrogen (secondary N) is 1. The van der Waals surface area contributed by atoms with Crippen molar-refractivity contribution in [2.45, 2.75) is 6.42 Å². The number of rotatable bonds is 0. The lowest BCUT2D eigenvalue weighted by atomic mass is 10.3. The van der Waals surface area contributed by atoms with Crippen molar-refractivity contribution in [3.63, 3.8) is 0 Å². The van der Waals surface area contributed by atoms with Gasteiger partial charge in [-0.1, -0.05) is 11.6 Å². The minimum absolute atomic E-state index is 0.682. The zero-order valence-corrected chi connectivity index (χ0v) is 8.30. The molecule has 1 aliphatic heterocycles. The van der Waals surface area contributed by atoms with Crippen molar-refractivity contribution in [1.82, 2.24) is 4.98 Å². The van der Waals surface area contributed by atoms with Gasteiger partial charge in [0.25, 0.3) is 0 Å². The van der Waals surface area contributed by atoms with Gasteiger partial charge in [-0.05, 0) is 12.5 Å². The molecule has 0 atom stereocenters. The first kappa shape index (κ1) is 8.63. The summed E-state index contributed by atoms with van der Waals surface area (Å²) in [6, 6.07) is 1.92. The Morgan fingerprint density at radius 3 is 3.31 bits per heavy atom. The van der Waals surface area contributed by atoms with Gasteiger partial charge in [-0.3, -0.25) is 0 Å². The lowest BCUT2D eigenvalue weighted by Gasteiger charge is -2.16. The Bertz CT molecular complexity index is 314. The van der Waals surface area contributed by atoms with E-state index in [-0.39, 0.29) is 0 Å². The summed E-state index contributed by atoms with van der Waals surface area (Å²) in [5, 5.41) is 3.99. The van der Waals surface area contributed by atoms with E-state index in [2.05, 4.69) is 15.2 Å². The average Bonchev–Trinajstić information content (AvgIpc) is 2.28. The molecule has 4 heteroatoms. The van der Waals surface area contributed by atoms with Crippen LogP contribution in [0.25, 0.3) is 0 Å². The molecule has 2 heterocycles. The zero-order chi connectivity index (χ0) is 9.26. The number of anilines is 2. The Labute approximate surface area is 82.7 Å². The van der Waals surface area contributed by atoms with Crippen molar-refractivity contribution in [1.29, 1.82) is 0 Å². The summed E-state index contributed by atoms with van der Waals surface area (Å²) >= 11 is 5.86. The second kappa shape index (κ2) is 3.42. The zero-order valence-electron chi connectivity index (χ0n) is 7.55. The number of fused-ring (bicyclic) bond motifs is 1. The fraction of sp³-hybridized carbons (Fsp3) is 0.444. The summed E-state index contributed by atoms with van der Waals surface area (Å²) in [7, 11) is 2.05. The molecule has 2 rings (SSSR count). The van der Waals surface area contributed by atoms with Gasteiger partial charge in [0.2, 0.25) is 0 Å². The predicted octanol–water partition coefficient (Wildman–Crippen LogP) is 1.99. The van der Waals surface area contributed by atoms with Crippen LogP contribution in [0.15, 0.2) is 12.3 Å². The van der Waals surface area contributed by atoms with Crippen molar-refractivity contribution in [3.8, 4) is 0 Å². The Morgan fingerprint density at radius 1 is 1.62 bits per heavy atom. The van der Waals surface area contributed by atoms with Crippen LogP contribution in [0.5, 0.6) is 0 Å². The van der Waals surface area contributed by atoms with E-state index >= 15 is 0 Å². The number of halogens is 1. The van der Waals surface area contributed by atoms with E-state index < -0.39 is 0 Å². The minimum Gasteiger partial charge on any atom is -0.382 e. The molecule has 0 bridgehead atoms. The van der Waals surface area contributed by atoms with Crippen molar-refractivity contribution in [2.24, 2.45) is 0 Å². The third-order valence-electron chi connectivity index (χ3n) is 2.18. The van der Waals surface area contributed by atoms with Gasteiger partial charge < -0.3 is 10.2 Å². The smallest absolute Gasteiger partial charge is 0.151 e. The van der Waals surface area contributed by atoms with E-state index in [0.717, 1.165) is 31.0 Å². The van der Waals surface area contributed by atoms with Crippen LogP contribution in [-0.4, -0.2) is 25.1 Å². The quantitative estimate of drug-likeness (QED) is 0.690. The number of pyridine rings is 1. The van der Waals surface area contributed by atoms with Crippen LogP contribution in [0.3, 0.4) is 0 Å². The molecule has 1 aromatic rings. The van der Waals surface area contributed by atoms with E-state index in [4.69, 9.17) is 11.6 Å². The molecule has 0 aromatic carbocycles. The molecule has 0 radical (unpaired) electrons. The molecule has 0 amide bonds. The second-order valence-corrected chi connectivity index (χ2v) is 3.66. The van der Waals surface area contributed by atoms with Crippen molar-refractivity contribution in [3.05, 3.63) is 17.3 Å². The Kier molecular flexibility index (Phi) is 2.27. The standard InChI is InChI=1S/C9H12ClN3/c1-13-4-2-3-11-8-5-7(10)6-12-9(8)13/h5-6,11H,2-4H2,1H3. The summed E-state index contributed by atoms with van der Waals surface area (Å²) in [6.07, 6.45) is 2.81. The Morgan fingerprint density at radius 2 is 2.46 bits per heavy atom. The summed E-state index contributed by atoms with van der Waals surface area (Å²) < 4.78 is 0. The first-order chi connectivity index (χ1) is 6.27. The molecule has 70 valence electrons. The van der Waals surface area contributed by atoms with E-state index in [1.54, 1.807) is 6.20 Å². The number of aromatic nitrogens is 1. The van der Waals surface area contributed by atoms with Crippen molar-refractivity contribution >= 4 is 23.1 Å². The van der Waals surface area contributed by atoms with Crippen LogP contribution < -0.4 is 10.2 Å². The second-order valence-electron chi connectivity index (χ2n) is 3.23. The highest BCUT2D eigenvalue weighted by molar-refractivity contribution is 6.30. The molecule has 0 aliphatic carbocycles. The summed E-state index contributed by atoms with van der Waals surface area (Å²) in [5.74, 6) is 0.988. The number of hydrogen-bond donors (Lipinski definition) is 1. The Balaban J connectivity index is 2.42. The molecule has 13 heavy (non-hydrogen) atoms. The van der Waals surface area contributed by atoms with Gasteiger partial charge in [-0.2, -0.15) is 0 Å². The van der Waals surface area contributed by atoms with Gasteiger partial charge in [0.05, 0.1) is 10.7 Å². The topological polar surface area (TPSA) is 28.2 Å². The molecule has 0 spiro atoms. The van der Waals surface area contributed by atoms with Gasteiger partial charge in [0.15, 0.2) is 5.82 Å². The Hall–Kier alpha value is -0.960. The molecule has 1 N–H and O–H groups in total. The fourth-order valence-electron chi connectivity index (χ4n) is 1.51. The summed E-state index contributed by atoms with van der Waals surface area (Å²) in [6.45, 7) is 2.02. The summed E-state index contributed by atoms with van der Waals surface area (Å²) in [5.41, 5.74) is 1.03. The lowest BCUT2D eigenvalue weighted by Crippen LogP contribution is -2.18. The van der Waals surface area contributed by atoms with Crippen LogP contribution in [0, 0.1) is 0 Å². The number of hydrogen-bond acceptors (Lipinski definition) is 3. The molecule has 0 unspecified atom stereocenters. The molecule has 0 saturated carbocycles. The molecule has 3 nitrogen and oxygen atoms in total. The van der Waals surface area contributed by atoms with Gasteiger partial charge in [-0.25, -0.2) is 4.98 Å². The third kappa shape index (κ3) is 1.70. The molecule has 1 aliphatic rings. The number of nitrogens with zero attached hydrogens (tertiary/aromatic N) is 2. The highest BCUT2D eigenvalue weighted by Gasteiger charge is 2.12. The minimum atomic E-state index is 0.682. The van der Waals surface area contributed by atoms with Crippen molar-refractivity contribution < 1.29 is 0 Å². The molecular weight excluding hydrogens is 186 g/mol. The van der Waals surface area contributed by atoms with Crippen molar-refractivity contribution in [2.75, 3.05) is 30.4 Å². The monoisotopic (exact) mass is 197 g/mol. The van der Waals surface area contributed by atoms with Crippen LogP contribution in [0.1, 0.15) is 6.42 Å². The van der Waals surface area contributed by atoms with Crippen LogP contribution in [0.4, 0.5) is 11.5 Å². The summed E-state index contributed by atoms with van der Waals surface area (Å²) in [4.78, 5) is 6.44. The van der Waals surface area contributed by atoms with Gasteiger partial charge in [0.1, 0.15) is 0 Å². The van der Waals surface area contributed by atoms with E-state index in [9.17, 15) is 0 Å². The first-order valence-electron chi connectivity index (χ1n) is 4.38. The van der Waals surface area contributed by atoms with Crippen LogP contribution in [0.2, 0.25) is 5.02 Å². The van der Waals surface area contributed by atoms with Gasteiger partial charge in [-0.15, -0.1) is 0 Å². The van der Waals surface area contributed by atoms with Gasteiger partial charge >= 0.3 is 0 Å². The van der Waals surface area contributed by atoms with E-state index in [1.165, 1.54) is 0 Å². The maximum Gasteiger partial charge on any atom is 0.151 e. The molecule has 1 aromatic heterocycles. The normalized spacial score (nSPS) is 16.0. The fourth-order valence-corrected chi connectivity index (χ4v) is 1.67. The first-order valence-corrected chi connectivity index (χ1v) is 4.76. The highest BCUT2D eigenvalue weighted by atomic mass is 35.5. The molecule has 0 saturated heterocycles. The largest absolute Gasteiger partial charge is 0.382 e. The van der Waals surface area contributed by atoms with E-state index in [0.29, 0.717) is 5.02 Å². The van der Waals surface area contributed by atoms with Crippen LogP contribution in [-0.2, 0) is 0 Å². The van der Waals surface area contributed by atoms with Crippen LogP contribution >= 0.6 is 11.6 Å². The third-order valence-corrected chi connectivity index (χ3v) is 2.39. The predicted molar refractivity (Wildman–Crippen MR) is 55.6 cm³/mol. The van der Waals surface area contributed by atoms with Gasteiger partial charge in [0, 0.05) is 26.3 Å². The SMILES string of the molecule is CN1CCCNc2cc(Cl)cnc21. The maximum absolute atomic E-state index is 5.86. The highest BCUT2D eigenvalue weighted by Crippen LogP contribution is 2.27. The maximum atomic E-state index is 5.86.